The molecule has 202 valence electrons. The molecule has 0 unspecified atom stereocenters. The maximum absolute atomic E-state index is 13.9. The third kappa shape index (κ3) is 7.58. The summed E-state index contributed by atoms with van der Waals surface area (Å²) in [7, 11) is -4.13. The van der Waals surface area contributed by atoms with E-state index in [1.165, 1.54) is 23.1 Å². The van der Waals surface area contributed by atoms with Crippen molar-refractivity contribution in [3.05, 3.63) is 95.0 Å². The summed E-state index contributed by atoms with van der Waals surface area (Å²) in [6, 6.07) is 21.0. The van der Waals surface area contributed by atoms with Crippen LogP contribution >= 0.6 is 11.6 Å². The highest BCUT2D eigenvalue weighted by Gasteiger charge is 2.33. The van der Waals surface area contributed by atoms with Gasteiger partial charge in [-0.2, -0.15) is 0 Å². The Balaban J connectivity index is 2.02. The minimum absolute atomic E-state index is 0.0383. The fourth-order valence-corrected chi connectivity index (χ4v) is 5.44. The molecule has 3 rings (SSSR count). The number of nitrogens with one attached hydrogen (secondary N) is 1. The van der Waals surface area contributed by atoms with Crippen LogP contribution in [0.25, 0.3) is 0 Å². The lowest BCUT2D eigenvalue weighted by molar-refractivity contribution is -0.140. The molecule has 2 amide bonds. The molecular formula is C29H34ClN3O4S. The lowest BCUT2D eigenvalue weighted by Crippen LogP contribution is -2.54. The van der Waals surface area contributed by atoms with E-state index in [4.69, 9.17) is 11.6 Å². The molecule has 1 N–H and O–H groups in total. The molecule has 0 aromatic heterocycles. The summed E-state index contributed by atoms with van der Waals surface area (Å²) in [4.78, 5) is 28.4. The van der Waals surface area contributed by atoms with E-state index in [2.05, 4.69) is 5.32 Å². The smallest absolute Gasteiger partial charge is 0.264 e. The van der Waals surface area contributed by atoms with E-state index in [1.54, 1.807) is 43.3 Å². The Hall–Kier alpha value is -3.36. The van der Waals surface area contributed by atoms with E-state index < -0.39 is 34.1 Å². The summed E-state index contributed by atoms with van der Waals surface area (Å²) < 4.78 is 28.5. The first-order valence-electron chi connectivity index (χ1n) is 12.3. The van der Waals surface area contributed by atoms with Crippen LogP contribution in [0.3, 0.4) is 0 Å². The lowest BCUT2D eigenvalue weighted by Gasteiger charge is -2.33. The van der Waals surface area contributed by atoms with Crippen LogP contribution < -0.4 is 9.62 Å². The highest BCUT2D eigenvalue weighted by atomic mass is 35.5. The molecule has 0 saturated carbocycles. The van der Waals surface area contributed by atoms with Gasteiger partial charge in [0.2, 0.25) is 11.8 Å². The quantitative estimate of drug-likeness (QED) is 0.394. The van der Waals surface area contributed by atoms with E-state index in [9.17, 15) is 18.0 Å². The van der Waals surface area contributed by atoms with Gasteiger partial charge >= 0.3 is 0 Å². The van der Waals surface area contributed by atoms with Gasteiger partial charge in [0.1, 0.15) is 12.6 Å². The number of carbonyl (C=O) groups excluding carboxylic acids is 2. The van der Waals surface area contributed by atoms with E-state index in [1.807, 2.05) is 52.0 Å². The minimum atomic E-state index is -4.13. The van der Waals surface area contributed by atoms with Crippen LogP contribution in [0, 0.1) is 6.92 Å². The van der Waals surface area contributed by atoms with Crippen LogP contribution in [0.4, 0.5) is 5.69 Å². The average molecular weight is 556 g/mol. The molecule has 1 atom stereocenters. The molecule has 0 bridgehead atoms. The zero-order valence-corrected chi connectivity index (χ0v) is 23.9. The molecule has 0 saturated heterocycles. The zero-order valence-electron chi connectivity index (χ0n) is 22.3. The van der Waals surface area contributed by atoms with Crippen molar-refractivity contribution in [1.82, 2.24) is 10.2 Å². The summed E-state index contributed by atoms with van der Waals surface area (Å²) in [6.07, 6.45) is 0. The van der Waals surface area contributed by atoms with E-state index in [0.29, 0.717) is 5.02 Å². The summed E-state index contributed by atoms with van der Waals surface area (Å²) >= 11 is 6.19. The first kappa shape index (κ1) is 29.2. The Morgan fingerprint density at radius 1 is 0.947 bits per heavy atom. The van der Waals surface area contributed by atoms with Crippen molar-refractivity contribution in [2.24, 2.45) is 0 Å². The Bertz CT molecular complexity index is 1370. The first-order valence-corrected chi connectivity index (χ1v) is 14.1. The maximum atomic E-state index is 13.9. The number of rotatable bonds is 9. The standard InChI is InChI=1S/C29H34ClN3O4S/c1-21-14-16-23(17-15-21)19-32(22(2)28(35)31-29(3,4)5)27(34)20-33(25-11-9-10-24(30)18-25)38(36,37)26-12-7-6-8-13-26/h6-18,22H,19-20H2,1-5H3,(H,31,35)/t22-/m1/s1. The first-order chi connectivity index (χ1) is 17.8. The van der Waals surface area contributed by atoms with Crippen LogP contribution in [-0.2, 0) is 26.2 Å². The van der Waals surface area contributed by atoms with E-state index >= 15 is 0 Å². The number of hydrogen-bond acceptors (Lipinski definition) is 4. The molecular weight excluding hydrogens is 522 g/mol. The lowest BCUT2D eigenvalue weighted by atomic mass is 10.1. The summed E-state index contributed by atoms with van der Waals surface area (Å²) in [5.74, 6) is -0.861. The van der Waals surface area contributed by atoms with Crippen LogP contribution in [0.1, 0.15) is 38.8 Å². The second kappa shape index (κ2) is 12.0. The average Bonchev–Trinajstić information content (AvgIpc) is 2.85. The minimum Gasteiger partial charge on any atom is -0.350 e. The van der Waals surface area contributed by atoms with Crippen molar-refractivity contribution in [1.29, 1.82) is 0 Å². The Kier molecular flexibility index (Phi) is 9.22. The number of amides is 2. The molecule has 0 aliphatic heterocycles. The molecule has 3 aromatic rings. The van der Waals surface area contributed by atoms with E-state index in [-0.39, 0.29) is 23.0 Å². The van der Waals surface area contributed by atoms with Gasteiger partial charge in [0.15, 0.2) is 0 Å². The number of benzene rings is 3. The molecule has 9 heteroatoms. The molecule has 3 aromatic carbocycles. The number of carbonyl (C=O) groups is 2. The van der Waals surface area contributed by atoms with Crippen LogP contribution in [0.15, 0.2) is 83.8 Å². The van der Waals surface area contributed by atoms with Crippen molar-refractivity contribution in [3.8, 4) is 0 Å². The largest absolute Gasteiger partial charge is 0.350 e. The molecule has 0 spiro atoms. The number of anilines is 1. The SMILES string of the molecule is Cc1ccc(CN(C(=O)CN(c2cccc(Cl)c2)S(=O)(=O)c2ccccc2)[C@H](C)C(=O)NC(C)(C)C)cc1. The molecule has 0 aliphatic carbocycles. The van der Waals surface area contributed by atoms with Crippen molar-refractivity contribution in [2.75, 3.05) is 10.8 Å². The third-order valence-electron chi connectivity index (χ3n) is 5.85. The van der Waals surface area contributed by atoms with Gasteiger partial charge in [-0.25, -0.2) is 8.42 Å². The zero-order chi connectivity index (χ0) is 28.1. The Morgan fingerprint density at radius 2 is 1.58 bits per heavy atom. The predicted octanol–water partition coefficient (Wildman–Crippen LogP) is 5.18. The number of nitrogens with zero attached hydrogens (tertiary/aromatic N) is 2. The molecule has 0 fully saturated rings. The molecule has 0 heterocycles. The second-order valence-electron chi connectivity index (χ2n) is 10.2. The summed E-state index contributed by atoms with van der Waals surface area (Å²) in [5.41, 5.74) is 1.62. The topological polar surface area (TPSA) is 86.8 Å². The van der Waals surface area contributed by atoms with Gasteiger partial charge in [-0.3, -0.25) is 13.9 Å². The fourth-order valence-electron chi connectivity index (χ4n) is 3.83. The third-order valence-corrected chi connectivity index (χ3v) is 7.87. The van der Waals surface area contributed by atoms with Crippen molar-refractivity contribution in [3.63, 3.8) is 0 Å². The highest BCUT2D eigenvalue weighted by molar-refractivity contribution is 7.92. The number of hydrogen-bond donors (Lipinski definition) is 1. The molecule has 0 radical (unpaired) electrons. The number of sulfonamides is 1. The molecule has 38 heavy (non-hydrogen) atoms. The van der Waals surface area contributed by atoms with E-state index in [0.717, 1.165) is 15.4 Å². The van der Waals surface area contributed by atoms with Gasteiger partial charge in [0, 0.05) is 17.1 Å². The number of halogens is 1. The van der Waals surface area contributed by atoms with Gasteiger partial charge in [0.25, 0.3) is 10.0 Å². The van der Waals surface area contributed by atoms with Crippen molar-refractivity contribution >= 4 is 39.1 Å². The number of aryl methyl sites for hydroxylation is 1. The second-order valence-corrected chi connectivity index (χ2v) is 12.5. The Morgan fingerprint density at radius 3 is 2.16 bits per heavy atom. The van der Waals surface area contributed by atoms with Gasteiger partial charge < -0.3 is 10.2 Å². The van der Waals surface area contributed by atoms with Crippen LogP contribution in [-0.4, -0.2) is 43.3 Å². The Labute approximate surface area is 230 Å². The summed E-state index contributed by atoms with van der Waals surface area (Å²) in [5, 5.41) is 3.25. The summed E-state index contributed by atoms with van der Waals surface area (Å²) in [6.45, 7) is 8.79. The normalized spacial score (nSPS) is 12.5. The van der Waals surface area contributed by atoms with Crippen molar-refractivity contribution < 1.29 is 18.0 Å². The predicted molar refractivity (Wildman–Crippen MR) is 152 cm³/mol. The monoisotopic (exact) mass is 555 g/mol. The van der Waals surface area contributed by atoms with Crippen LogP contribution in [0.5, 0.6) is 0 Å². The van der Waals surface area contributed by atoms with Gasteiger partial charge in [0.05, 0.1) is 10.6 Å². The van der Waals surface area contributed by atoms with Crippen LogP contribution in [0.2, 0.25) is 5.02 Å². The fraction of sp³-hybridized carbons (Fsp3) is 0.310. The van der Waals surface area contributed by atoms with Gasteiger partial charge in [-0.1, -0.05) is 65.7 Å². The molecule has 7 nitrogen and oxygen atoms in total. The molecule has 0 aliphatic rings. The highest BCUT2D eigenvalue weighted by Crippen LogP contribution is 2.27. The van der Waals surface area contributed by atoms with Gasteiger partial charge in [-0.05, 0) is 70.5 Å². The van der Waals surface area contributed by atoms with Gasteiger partial charge in [-0.15, -0.1) is 0 Å². The maximum Gasteiger partial charge on any atom is 0.264 e. The van der Waals surface area contributed by atoms with Crippen molar-refractivity contribution in [2.45, 2.75) is 57.6 Å².